The standard InChI is InChI=1S/C14H21NO/c1-11-4-5-13(10-12(11)2)14(15)6-3-8-16-9-7-14/h4-5,10H,3,6-9,15H2,1-2H3. The molecule has 1 saturated heterocycles. The Labute approximate surface area is 97.8 Å². The van der Waals surface area contributed by atoms with E-state index >= 15 is 0 Å². The lowest BCUT2D eigenvalue weighted by Crippen LogP contribution is -2.37. The van der Waals surface area contributed by atoms with Gasteiger partial charge in [0.25, 0.3) is 0 Å². The molecule has 2 rings (SSSR count). The minimum absolute atomic E-state index is 0.186. The largest absolute Gasteiger partial charge is 0.381 e. The number of benzene rings is 1. The molecule has 0 saturated carbocycles. The molecule has 1 aliphatic rings. The Kier molecular flexibility index (Phi) is 3.31. The van der Waals surface area contributed by atoms with E-state index in [0.29, 0.717) is 0 Å². The van der Waals surface area contributed by atoms with E-state index in [4.69, 9.17) is 10.5 Å². The molecule has 88 valence electrons. The van der Waals surface area contributed by atoms with Crippen molar-refractivity contribution in [2.24, 2.45) is 5.73 Å². The smallest absolute Gasteiger partial charge is 0.0486 e. The maximum atomic E-state index is 6.52. The van der Waals surface area contributed by atoms with Crippen LogP contribution >= 0.6 is 0 Å². The molecule has 0 aliphatic carbocycles. The summed E-state index contributed by atoms with van der Waals surface area (Å²) in [7, 11) is 0. The molecule has 1 aromatic rings. The zero-order valence-corrected chi connectivity index (χ0v) is 10.3. The van der Waals surface area contributed by atoms with E-state index in [1.165, 1.54) is 16.7 Å². The minimum Gasteiger partial charge on any atom is -0.381 e. The molecule has 1 unspecified atom stereocenters. The van der Waals surface area contributed by atoms with Crippen LogP contribution < -0.4 is 5.73 Å². The topological polar surface area (TPSA) is 35.2 Å². The third-order valence-corrected chi connectivity index (χ3v) is 3.69. The van der Waals surface area contributed by atoms with Gasteiger partial charge in [0.1, 0.15) is 0 Å². The lowest BCUT2D eigenvalue weighted by molar-refractivity contribution is 0.139. The molecule has 0 spiro atoms. The molecule has 0 radical (unpaired) electrons. The Morgan fingerprint density at radius 3 is 2.69 bits per heavy atom. The van der Waals surface area contributed by atoms with Crippen LogP contribution in [0.3, 0.4) is 0 Å². The van der Waals surface area contributed by atoms with Gasteiger partial charge < -0.3 is 10.5 Å². The lowest BCUT2D eigenvalue weighted by atomic mass is 9.83. The third kappa shape index (κ3) is 2.28. The second-order valence-electron chi connectivity index (χ2n) is 4.92. The van der Waals surface area contributed by atoms with Crippen molar-refractivity contribution in [2.45, 2.75) is 38.6 Å². The minimum atomic E-state index is -0.186. The molecule has 0 amide bonds. The molecule has 2 heteroatoms. The average Bonchev–Trinajstić information content (AvgIpc) is 2.48. The first-order valence-electron chi connectivity index (χ1n) is 6.06. The SMILES string of the molecule is Cc1ccc(C2(N)CCCOCC2)cc1C. The van der Waals surface area contributed by atoms with Crippen molar-refractivity contribution < 1.29 is 4.74 Å². The van der Waals surface area contributed by atoms with Crippen LogP contribution in [0.5, 0.6) is 0 Å². The van der Waals surface area contributed by atoms with Gasteiger partial charge in [-0.1, -0.05) is 18.2 Å². The molecule has 2 nitrogen and oxygen atoms in total. The molecule has 1 aliphatic heterocycles. The maximum absolute atomic E-state index is 6.52. The Morgan fingerprint density at radius 2 is 1.94 bits per heavy atom. The molecular weight excluding hydrogens is 198 g/mol. The van der Waals surface area contributed by atoms with E-state index in [1.807, 2.05) is 0 Å². The van der Waals surface area contributed by atoms with E-state index < -0.39 is 0 Å². The molecule has 16 heavy (non-hydrogen) atoms. The number of ether oxygens (including phenoxy) is 1. The summed E-state index contributed by atoms with van der Waals surface area (Å²) in [6.07, 6.45) is 3.01. The number of aryl methyl sites for hydroxylation is 2. The summed E-state index contributed by atoms with van der Waals surface area (Å²) in [6, 6.07) is 6.58. The molecule has 0 aromatic heterocycles. The second kappa shape index (κ2) is 4.56. The van der Waals surface area contributed by atoms with Crippen LogP contribution in [-0.4, -0.2) is 13.2 Å². The van der Waals surface area contributed by atoms with E-state index in [1.54, 1.807) is 0 Å². The number of hydrogen-bond donors (Lipinski definition) is 1. The summed E-state index contributed by atoms with van der Waals surface area (Å²) < 4.78 is 5.49. The van der Waals surface area contributed by atoms with Gasteiger partial charge in [-0.05, 0) is 49.8 Å². The number of rotatable bonds is 1. The monoisotopic (exact) mass is 219 g/mol. The first-order valence-corrected chi connectivity index (χ1v) is 6.06. The fourth-order valence-corrected chi connectivity index (χ4v) is 2.31. The van der Waals surface area contributed by atoms with Crippen LogP contribution in [0.1, 0.15) is 36.0 Å². The average molecular weight is 219 g/mol. The first-order chi connectivity index (χ1) is 7.62. The molecular formula is C14H21NO. The zero-order chi connectivity index (χ0) is 11.6. The van der Waals surface area contributed by atoms with E-state index in [-0.39, 0.29) is 5.54 Å². The van der Waals surface area contributed by atoms with E-state index in [9.17, 15) is 0 Å². The maximum Gasteiger partial charge on any atom is 0.0486 e. The van der Waals surface area contributed by atoms with Crippen LogP contribution in [0.2, 0.25) is 0 Å². The summed E-state index contributed by atoms with van der Waals surface area (Å²) in [5.74, 6) is 0. The van der Waals surface area contributed by atoms with Gasteiger partial charge in [0.05, 0.1) is 0 Å². The highest BCUT2D eigenvalue weighted by atomic mass is 16.5. The van der Waals surface area contributed by atoms with Crippen LogP contribution in [0.25, 0.3) is 0 Å². The molecule has 0 bridgehead atoms. The molecule has 1 fully saturated rings. The summed E-state index contributed by atoms with van der Waals surface area (Å²) in [6.45, 7) is 5.92. The van der Waals surface area contributed by atoms with Gasteiger partial charge in [-0.25, -0.2) is 0 Å². The summed E-state index contributed by atoms with van der Waals surface area (Å²) >= 11 is 0. The fourth-order valence-electron chi connectivity index (χ4n) is 2.31. The lowest BCUT2D eigenvalue weighted by Gasteiger charge is -2.28. The third-order valence-electron chi connectivity index (χ3n) is 3.69. The van der Waals surface area contributed by atoms with Gasteiger partial charge in [0.2, 0.25) is 0 Å². The van der Waals surface area contributed by atoms with Crippen molar-refractivity contribution in [2.75, 3.05) is 13.2 Å². The van der Waals surface area contributed by atoms with Crippen molar-refractivity contribution in [3.05, 3.63) is 34.9 Å². The Hall–Kier alpha value is -0.860. The quantitative estimate of drug-likeness (QED) is 0.788. The molecule has 1 atom stereocenters. The van der Waals surface area contributed by atoms with Gasteiger partial charge in [0, 0.05) is 18.8 Å². The van der Waals surface area contributed by atoms with Gasteiger partial charge >= 0.3 is 0 Å². The summed E-state index contributed by atoms with van der Waals surface area (Å²) in [5.41, 5.74) is 10.3. The van der Waals surface area contributed by atoms with Crippen LogP contribution in [0.4, 0.5) is 0 Å². The molecule has 1 heterocycles. The molecule has 1 aromatic carbocycles. The first kappa shape index (κ1) is 11.6. The fraction of sp³-hybridized carbons (Fsp3) is 0.571. The normalized spacial score (nSPS) is 26.4. The highest BCUT2D eigenvalue weighted by Crippen LogP contribution is 2.30. The second-order valence-corrected chi connectivity index (χ2v) is 4.92. The predicted octanol–water partition coefficient (Wildman–Crippen LogP) is 2.66. The van der Waals surface area contributed by atoms with Crippen LogP contribution in [0.15, 0.2) is 18.2 Å². The summed E-state index contributed by atoms with van der Waals surface area (Å²) in [4.78, 5) is 0. The van der Waals surface area contributed by atoms with E-state index in [2.05, 4.69) is 32.0 Å². The van der Waals surface area contributed by atoms with E-state index in [0.717, 1.165) is 32.5 Å². The van der Waals surface area contributed by atoms with Crippen molar-refractivity contribution in [3.63, 3.8) is 0 Å². The summed E-state index contributed by atoms with van der Waals surface area (Å²) in [5, 5.41) is 0. The van der Waals surface area contributed by atoms with Crippen molar-refractivity contribution in [3.8, 4) is 0 Å². The van der Waals surface area contributed by atoms with Crippen molar-refractivity contribution >= 4 is 0 Å². The van der Waals surface area contributed by atoms with Gasteiger partial charge in [0.15, 0.2) is 0 Å². The molecule has 2 N–H and O–H groups in total. The Morgan fingerprint density at radius 1 is 1.12 bits per heavy atom. The Bertz CT molecular complexity index is 365. The van der Waals surface area contributed by atoms with Crippen molar-refractivity contribution in [1.29, 1.82) is 0 Å². The zero-order valence-electron chi connectivity index (χ0n) is 10.3. The number of nitrogens with two attached hydrogens (primary N) is 1. The highest BCUT2D eigenvalue weighted by Gasteiger charge is 2.28. The van der Waals surface area contributed by atoms with Crippen LogP contribution in [-0.2, 0) is 10.3 Å². The van der Waals surface area contributed by atoms with Crippen LogP contribution in [0, 0.1) is 13.8 Å². The number of hydrogen-bond acceptors (Lipinski definition) is 2. The van der Waals surface area contributed by atoms with Gasteiger partial charge in [-0.15, -0.1) is 0 Å². The predicted molar refractivity (Wildman–Crippen MR) is 66.5 cm³/mol. The Balaban J connectivity index is 2.29. The van der Waals surface area contributed by atoms with Gasteiger partial charge in [-0.2, -0.15) is 0 Å². The highest BCUT2D eigenvalue weighted by molar-refractivity contribution is 5.34. The van der Waals surface area contributed by atoms with Gasteiger partial charge in [-0.3, -0.25) is 0 Å². The van der Waals surface area contributed by atoms with Crippen molar-refractivity contribution in [1.82, 2.24) is 0 Å².